The van der Waals surface area contributed by atoms with Crippen molar-refractivity contribution in [1.82, 2.24) is 5.32 Å². The van der Waals surface area contributed by atoms with E-state index in [1.54, 1.807) is 63.2 Å². The molecule has 294 valence electrons. The van der Waals surface area contributed by atoms with Crippen LogP contribution in [0.1, 0.15) is 63.7 Å². The molecule has 0 bridgehead atoms. The van der Waals surface area contributed by atoms with Gasteiger partial charge in [0.1, 0.15) is 11.6 Å². The van der Waals surface area contributed by atoms with Gasteiger partial charge in [-0.2, -0.15) is 0 Å². The van der Waals surface area contributed by atoms with Gasteiger partial charge in [-0.15, -0.1) is 11.8 Å². The fourth-order valence-electron chi connectivity index (χ4n) is 6.37. The molecule has 0 radical (unpaired) electrons. The SMILES string of the molecule is CC(C)(C)OC(=O)N[C@@H](CSC(c1ccccc1)(c1ccccc1)c1ccccc1)C(=O)Nc1ccc(NC(=O)c2ccc(Cl)cc2Cl)c(C(=O)c2ccccc2)c1. The van der Waals surface area contributed by atoms with Crippen LogP contribution in [0.4, 0.5) is 16.2 Å². The van der Waals surface area contributed by atoms with E-state index in [4.69, 9.17) is 27.9 Å². The monoisotopic (exact) mass is 829 g/mol. The van der Waals surface area contributed by atoms with Gasteiger partial charge in [0.2, 0.25) is 5.91 Å². The molecule has 11 heteroatoms. The molecule has 6 rings (SSSR count). The maximum absolute atomic E-state index is 14.4. The third-order valence-electron chi connectivity index (χ3n) is 9.01. The van der Waals surface area contributed by atoms with Gasteiger partial charge in [0.15, 0.2) is 5.78 Å². The van der Waals surface area contributed by atoms with Crippen molar-refractivity contribution >= 4 is 70.0 Å². The molecule has 58 heavy (non-hydrogen) atoms. The van der Waals surface area contributed by atoms with Crippen LogP contribution < -0.4 is 16.0 Å². The zero-order valence-electron chi connectivity index (χ0n) is 32.0. The number of nitrogens with one attached hydrogen (secondary N) is 3. The molecule has 0 unspecified atom stereocenters. The van der Waals surface area contributed by atoms with Crippen LogP contribution in [0, 0.1) is 0 Å². The molecule has 3 amide bonds. The number of rotatable bonds is 13. The predicted octanol–water partition coefficient (Wildman–Crippen LogP) is 11.0. The summed E-state index contributed by atoms with van der Waals surface area (Å²) in [6.07, 6.45) is -0.767. The molecule has 0 aliphatic carbocycles. The first-order chi connectivity index (χ1) is 27.8. The van der Waals surface area contributed by atoms with E-state index in [1.165, 1.54) is 36.0 Å². The topological polar surface area (TPSA) is 114 Å². The van der Waals surface area contributed by atoms with E-state index in [1.807, 2.05) is 54.6 Å². The van der Waals surface area contributed by atoms with Gasteiger partial charge in [-0.3, -0.25) is 14.4 Å². The van der Waals surface area contributed by atoms with Crippen molar-refractivity contribution in [2.24, 2.45) is 0 Å². The van der Waals surface area contributed by atoms with Gasteiger partial charge in [0.25, 0.3) is 5.91 Å². The van der Waals surface area contributed by atoms with Crippen LogP contribution >= 0.6 is 35.0 Å². The van der Waals surface area contributed by atoms with Gasteiger partial charge >= 0.3 is 6.09 Å². The smallest absolute Gasteiger partial charge is 0.408 e. The number of hydrogen-bond acceptors (Lipinski definition) is 6. The molecule has 3 N–H and O–H groups in total. The Morgan fingerprint density at radius 1 is 0.638 bits per heavy atom. The number of hydrogen-bond donors (Lipinski definition) is 3. The molecular formula is C47H41Cl2N3O5S. The number of ketones is 1. The minimum atomic E-state index is -1.12. The molecule has 1 atom stereocenters. The summed E-state index contributed by atoms with van der Waals surface area (Å²) < 4.78 is 4.83. The molecule has 8 nitrogen and oxygen atoms in total. The average molecular weight is 831 g/mol. The summed E-state index contributed by atoms with van der Waals surface area (Å²) in [6.45, 7) is 5.23. The molecule has 0 saturated carbocycles. The van der Waals surface area contributed by atoms with Gasteiger partial charge in [-0.05, 0) is 73.9 Å². The van der Waals surface area contributed by atoms with E-state index in [-0.39, 0.29) is 33.3 Å². The Balaban J connectivity index is 1.36. The Kier molecular flexibility index (Phi) is 13.4. The van der Waals surface area contributed by atoms with Crippen molar-refractivity contribution in [2.45, 2.75) is 37.2 Å². The summed E-state index contributed by atoms with van der Waals surface area (Å²) in [6, 6.07) is 46.6. The lowest BCUT2D eigenvalue weighted by Gasteiger charge is -2.36. The van der Waals surface area contributed by atoms with Crippen molar-refractivity contribution in [2.75, 3.05) is 16.4 Å². The highest BCUT2D eigenvalue weighted by atomic mass is 35.5. The van der Waals surface area contributed by atoms with E-state index in [9.17, 15) is 19.2 Å². The van der Waals surface area contributed by atoms with Crippen LogP contribution in [0.2, 0.25) is 10.0 Å². The average Bonchev–Trinajstić information content (AvgIpc) is 3.21. The summed E-state index contributed by atoms with van der Waals surface area (Å²) in [5.41, 5.74) is 3.21. The van der Waals surface area contributed by atoms with E-state index < -0.39 is 40.1 Å². The minimum Gasteiger partial charge on any atom is -0.444 e. The van der Waals surface area contributed by atoms with E-state index >= 15 is 0 Å². The first-order valence-electron chi connectivity index (χ1n) is 18.4. The second kappa shape index (κ2) is 18.6. The van der Waals surface area contributed by atoms with Gasteiger partial charge in [0.05, 0.1) is 21.0 Å². The summed E-state index contributed by atoms with van der Waals surface area (Å²) in [7, 11) is 0. The third-order valence-corrected chi connectivity index (χ3v) is 11.2. The Morgan fingerprint density at radius 3 is 1.69 bits per heavy atom. The second-order valence-electron chi connectivity index (χ2n) is 14.3. The van der Waals surface area contributed by atoms with E-state index in [0.717, 1.165) is 16.7 Å². The normalized spacial score (nSPS) is 11.9. The second-order valence-corrected chi connectivity index (χ2v) is 16.4. The number of alkyl carbamates (subject to hydrolysis) is 1. The molecule has 0 aliphatic heterocycles. The lowest BCUT2D eigenvalue weighted by Crippen LogP contribution is -2.48. The maximum atomic E-state index is 14.4. The quantitative estimate of drug-likeness (QED) is 0.0789. The molecule has 0 saturated heterocycles. The lowest BCUT2D eigenvalue weighted by molar-refractivity contribution is -0.117. The number of ether oxygens (including phenoxy) is 1. The number of thioether (sulfide) groups is 1. The minimum absolute atomic E-state index is 0.107. The Hall–Kier alpha value is -5.87. The Bertz CT molecular complexity index is 2300. The zero-order chi connectivity index (χ0) is 41.3. The van der Waals surface area contributed by atoms with Crippen molar-refractivity contribution in [3.8, 4) is 0 Å². The van der Waals surface area contributed by atoms with Gasteiger partial charge in [-0.1, -0.05) is 145 Å². The van der Waals surface area contributed by atoms with Crippen molar-refractivity contribution in [3.05, 3.63) is 201 Å². The number of benzene rings is 6. The molecular weight excluding hydrogens is 790 g/mol. The van der Waals surface area contributed by atoms with Crippen LogP contribution in [0.5, 0.6) is 0 Å². The van der Waals surface area contributed by atoms with Crippen LogP contribution in [-0.2, 0) is 14.3 Å². The molecule has 0 heterocycles. The summed E-state index contributed by atoms with van der Waals surface area (Å²) in [5.74, 6) is -1.40. The standard InChI is InChI=1S/C47H41Cl2N3O5S/c1-46(2,3)57-45(56)52-41(30-58-47(32-18-10-5-11-19-32,33-20-12-6-13-21-33)34-22-14-7-15-23-34)44(55)50-36-25-27-40(38(29-36)42(53)31-16-8-4-9-17-31)51-43(54)37-26-24-35(48)28-39(37)49/h4-29,41H,30H2,1-3H3,(H,50,55)(H,51,54)(H,52,56)/t41-/m0/s1. The zero-order valence-corrected chi connectivity index (χ0v) is 34.3. The number of carbonyl (C=O) groups is 4. The highest BCUT2D eigenvalue weighted by molar-refractivity contribution is 8.00. The summed E-state index contributed by atoms with van der Waals surface area (Å²) >= 11 is 13.9. The van der Waals surface area contributed by atoms with Crippen molar-refractivity contribution in [1.29, 1.82) is 0 Å². The predicted molar refractivity (Wildman–Crippen MR) is 234 cm³/mol. The largest absolute Gasteiger partial charge is 0.444 e. The first-order valence-corrected chi connectivity index (χ1v) is 20.2. The summed E-state index contributed by atoms with van der Waals surface area (Å²) in [5, 5.41) is 9.03. The van der Waals surface area contributed by atoms with E-state index in [2.05, 4.69) is 52.3 Å². The number of halogens is 2. The van der Waals surface area contributed by atoms with Crippen LogP contribution in [0.15, 0.2) is 158 Å². The molecule has 0 aliphatic rings. The van der Waals surface area contributed by atoms with Gasteiger partial charge < -0.3 is 20.7 Å². The lowest BCUT2D eigenvalue weighted by atomic mass is 9.84. The fraction of sp³-hybridized carbons (Fsp3) is 0.149. The van der Waals surface area contributed by atoms with Crippen molar-refractivity contribution < 1.29 is 23.9 Å². The van der Waals surface area contributed by atoms with Gasteiger partial charge in [-0.25, -0.2) is 4.79 Å². The van der Waals surface area contributed by atoms with Gasteiger partial charge in [0, 0.05) is 27.6 Å². The van der Waals surface area contributed by atoms with Crippen LogP contribution in [0.3, 0.4) is 0 Å². The number of anilines is 2. The van der Waals surface area contributed by atoms with Crippen molar-refractivity contribution in [3.63, 3.8) is 0 Å². The fourth-order valence-corrected chi connectivity index (χ4v) is 8.42. The number of carbonyl (C=O) groups excluding carboxylic acids is 4. The Labute approximate surface area is 352 Å². The molecule has 6 aromatic carbocycles. The maximum Gasteiger partial charge on any atom is 0.408 e. The number of amides is 3. The molecule has 0 aromatic heterocycles. The van der Waals surface area contributed by atoms with Crippen LogP contribution in [0.25, 0.3) is 0 Å². The van der Waals surface area contributed by atoms with E-state index in [0.29, 0.717) is 10.6 Å². The third kappa shape index (κ3) is 10.2. The van der Waals surface area contributed by atoms with Crippen LogP contribution in [-0.4, -0.2) is 41.1 Å². The highest BCUT2D eigenvalue weighted by Crippen LogP contribution is 2.48. The first kappa shape index (κ1) is 41.8. The Morgan fingerprint density at radius 2 is 1.17 bits per heavy atom. The molecule has 0 spiro atoms. The molecule has 0 fully saturated rings. The highest BCUT2D eigenvalue weighted by Gasteiger charge is 2.39. The molecule has 6 aromatic rings. The summed E-state index contributed by atoms with van der Waals surface area (Å²) in [4.78, 5) is 55.1.